The summed E-state index contributed by atoms with van der Waals surface area (Å²) in [5.74, 6) is -1.77. The molecule has 0 radical (unpaired) electrons. The van der Waals surface area contributed by atoms with Gasteiger partial charge >= 0.3 is 12.0 Å². The van der Waals surface area contributed by atoms with Crippen LogP contribution in [0.2, 0.25) is 0 Å². The number of nitrogens with two attached hydrogens (primary N) is 1. The van der Waals surface area contributed by atoms with Crippen LogP contribution < -0.4 is 16.4 Å². The number of urea groups is 1. The number of allylic oxidation sites excluding steroid dienone is 1. The van der Waals surface area contributed by atoms with Crippen LogP contribution in [-0.4, -0.2) is 35.6 Å². The van der Waals surface area contributed by atoms with E-state index in [0.29, 0.717) is 6.54 Å². The number of amides is 3. The average molecular weight is 283 g/mol. The van der Waals surface area contributed by atoms with Gasteiger partial charge in [-0.05, 0) is 32.1 Å². The molecule has 0 aromatic carbocycles. The van der Waals surface area contributed by atoms with E-state index in [2.05, 4.69) is 16.7 Å². The third kappa shape index (κ3) is 6.21. The van der Waals surface area contributed by atoms with E-state index in [9.17, 15) is 14.4 Å². The van der Waals surface area contributed by atoms with Gasteiger partial charge < -0.3 is 21.5 Å². The molecule has 1 atom stereocenters. The van der Waals surface area contributed by atoms with E-state index in [-0.39, 0.29) is 12.8 Å². The van der Waals surface area contributed by atoms with Crippen LogP contribution >= 0.6 is 0 Å². The van der Waals surface area contributed by atoms with Gasteiger partial charge in [-0.1, -0.05) is 11.6 Å². The van der Waals surface area contributed by atoms with Gasteiger partial charge in [0, 0.05) is 13.0 Å². The highest BCUT2D eigenvalue weighted by Gasteiger charge is 2.20. The number of rotatable bonds is 8. The molecule has 0 saturated heterocycles. The average Bonchev–Trinajstić information content (AvgIpc) is 2.87. The Morgan fingerprint density at radius 3 is 2.70 bits per heavy atom. The van der Waals surface area contributed by atoms with Gasteiger partial charge in [0.15, 0.2) is 0 Å². The minimum absolute atomic E-state index is 0.0107. The van der Waals surface area contributed by atoms with E-state index in [1.807, 2.05) is 0 Å². The summed E-state index contributed by atoms with van der Waals surface area (Å²) >= 11 is 0. The molecule has 0 aliphatic heterocycles. The first kappa shape index (κ1) is 16.0. The summed E-state index contributed by atoms with van der Waals surface area (Å²) in [6, 6.07) is -1.64. The Hall–Kier alpha value is -2.05. The van der Waals surface area contributed by atoms with Gasteiger partial charge in [-0.2, -0.15) is 0 Å². The standard InChI is InChI=1S/C13H21N3O4/c14-11(17)6-5-10(12(18)19)16-13(20)15-8-7-9-3-1-2-4-9/h3,10H,1-2,4-8H2,(H2,14,17)(H,18,19)(H2,15,16,20)/t10-/m0/s1. The predicted molar refractivity (Wildman–Crippen MR) is 72.9 cm³/mol. The number of nitrogens with one attached hydrogen (secondary N) is 2. The molecule has 20 heavy (non-hydrogen) atoms. The van der Waals surface area contributed by atoms with E-state index in [0.717, 1.165) is 25.7 Å². The maximum atomic E-state index is 11.6. The summed E-state index contributed by atoms with van der Waals surface area (Å²) < 4.78 is 0. The minimum atomic E-state index is -1.18. The van der Waals surface area contributed by atoms with E-state index in [4.69, 9.17) is 10.8 Å². The topological polar surface area (TPSA) is 122 Å². The summed E-state index contributed by atoms with van der Waals surface area (Å²) in [6.07, 6.45) is 6.19. The zero-order valence-electron chi connectivity index (χ0n) is 11.4. The summed E-state index contributed by atoms with van der Waals surface area (Å²) in [7, 11) is 0. The lowest BCUT2D eigenvalue weighted by Crippen LogP contribution is -2.46. The Labute approximate surface area is 117 Å². The largest absolute Gasteiger partial charge is 0.480 e. The van der Waals surface area contributed by atoms with Crippen LogP contribution in [0, 0.1) is 0 Å². The number of hydrogen-bond donors (Lipinski definition) is 4. The summed E-state index contributed by atoms with van der Waals surface area (Å²) in [5, 5.41) is 13.9. The second-order valence-electron chi connectivity index (χ2n) is 4.80. The molecule has 1 rings (SSSR count). The Morgan fingerprint density at radius 2 is 2.15 bits per heavy atom. The smallest absolute Gasteiger partial charge is 0.326 e. The second-order valence-corrected chi connectivity index (χ2v) is 4.80. The molecule has 1 aliphatic rings. The first-order valence-electron chi connectivity index (χ1n) is 6.72. The molecular weight excluding hydrogens is 262 g/mol. The van der Waals surface area contributed by atoms with E-state index in [1.165, 1.54) is 5.57 Å². The lowest BCUT2D eigenvalue weighted by atomic mass is 10.1. The fraction of sp³-hybridized carbons (Fsp3) is 0.615. The van der Waals surface area contributed by atoms with E-state index < -0.39 is 23.9 Å². The van der Waals surface area contributed by atoms with Crippen molar-refractivity contribution in [3.05, 3.63) is 11.6 Å². The molecule has 7 heteroatoms. The number of carbonyl (C=O) groups is 3. The molecule has 5 N–H and O–H groups in total. The normalized spacial score (nSPS) is 15.3. The molecule has 0 fully saturated rings. The predicted octanol–water partition coefficient (Wildman–Crippen LogP) is 0.505. The van der Waals surface area contributed by atoms with Crippen molar-refractivity contribution in [2.75, 3.05) is 6.54 Å². The number of aliphatic carboxylic acids is 1. The Balaban J connectivity index is 2.26. The van der Waals surface area contributed by atoms with E-state index in [1.54, 1.807) is 0 Å². The van der Waals surface area contributed by atoms with Gasteiger partial charge in [-0.3, -0.25) is 4.79 Å². The van der Waals surface area contributed by atoms with Crippen molar-refractivity contribution in [2.24, 2.45) is 5.73 Å². The monoisotopic (exact) mass is 283 g/mol. The summed E-state index contributed by atoms with van der Waals surface area (Å²) in [4.78, 5) is 33.1. The third-order valence-electron chi connectivity index (χ3n) is 3.15. The van der Waals surface area contributed by atoms with Crippen molar-refractivity contribution in [3.63, 3.8) is 0 Å². The third-order valence-corrected chi connectivity index (χ3v) is 3.15. The highest BCUT2D eigenvalue weighted by Crippen LogP contribution is 2.19. The number of carboxylic acids is 1. The van der Waals surface area contributed by atoms with E-state index >= 15 is 0 Å². The minimum Gasteiger partial charge on any atom is -0.480 e. The summed E-state index contributed by atoms with van der Waals surface area (Å²) in [5.41, 5.74) is 6.28. The Bertz CT molecular complexity index is 406. The lowest BCUT2D eigenvalue weighted by Gasteiger charge is -2.14. The molecule has 0 aromatic heterocycles. The Kier molecular flexibility index (Phi) is 6.55. The van der Waals surface area contributed by atoms with Crippen LogP contribution in [0.15, 0.2) is 11.6 Å². The molecule has 0 aromatic rings. The van der Waals surface area contributed by atoms with Crippen LogP contribution in [0.4, 0.5) is 4.79 Å². The van der Waals surface area contributed by atoms with Gasteiger partial charge in [0.05, 0.1) is 0 Å². The molecule has 0 unspecified atom stereocenters. The molecule has 112 valence electrons. The first-order valence-corrected chi connectivity index (χ1v) is 6.72. The fourth-order valence-corrected chi connectivity index (χ4v) is 2.05. The highest BCUT2D eigenvalue weighted by molar-refractivity contribution is 5.83. The molecule has 0 heterocycles. The van der Waals surface area contributed by atoms with Crippen LogP contribution in [-0.2, 0) is 9.59 Å². The lowest BCUT2D eigenvalue weighted by molar-refractivity contribution is -0.139. The Morgan fingerprint density at radius 1 is 1.40 bits per heavy atom. The molecule has 7 nitrogen and oxygen atoms in total. The summed E-state index contributed by atoms with van der Waals surface area (Å²) in [6.45, 7) is 0.472. The number of hydrogen-bond acceptors (Lipinski definition) is 3. The van der Waals surface area contributed by atoms with Crippen molar-refractivity contribution in [2.45, 2.75) is 44.6 Å². The SMILES string of the molecule is NC(=O)CC[C@H](NC(=O)NCCC1=CCCC1)C(=O)O. The number of primary amides is 1. The molecule has 0 spiro atoms. The molecule has 3 amide bonds. The van der Waals surface area contributed by atoms with Crippen molar-refractivity contribution in [1.29, 1.82) is 0 Å². The number of carbonyl (C=O) groups excluding carboxylic acids is 2. The van der Waals surface area contributed by atoms with Crippen molar-refractivity contribution < 1.29 is 19.5 Å². The molecule has 0 saturated carbocycles. The van der Waals surface area contributed by atoms with Crippen LogP contribution in [0.25, 0.3) is 0 Å². The van der Waals surface area contributed by atoms with Crippen LogP contribution in [0.1, 0.15) is 38.5 Å². The fourth-order valence-electron chi connectivity index (χ4n) is 2.05. The molecule has 1 aliphatic carbocycles. The van der Waals surface area contributed by atoms with Crippen molar-refractivity contribution in [3.8, 4) is 0 Å². The highest BCUT2D eigenvalue weighted by atomic mass is 16.4. The first-order chi connectivity index (χ1) is 9.49. The van der Waals surface area contributed by atoms with Gasteiger partial charge in [0.1, 0.15) is 6.04 Å². The van der Waals surface area contributed by atoms with Crippen molar-refractivity contribution >= 4 is 17.9 Å². The van der Waals surface area contributed by atoms with Gasteiger partial charge in [-0.25, -0.2) is 9.59 Å². The van der Waals surface area contributed by atoms with Gasteiger partial charge in [0.2, 0.25) is 5.91 Å². The van der Waals surface area contributed by atoms with Gasteiger partial charge in [0.25, 0.3) is 0 Å². The van der Waals surface area contributed by atoms with Crippen LogP contribution in [0.3, 0.4) is 0 Å². The zero-order valence-corrected chi connectivity index (χ0v) is 11.4. The molecular formula is C13H21N3O4. The second kappa shape index (κ2) is 8.19. The van der Waals surface area contributed by atoms with Crippen molar-refractivity contribution in [1.82, 2.24) is 10.6 Å². The number of carboxylic acid groups (broad SMARTS) is 1. The van der Waals surface area contributed by atoms with Gasteiger partial charge in [-0.15, -0.1) is 0 Å². The zero-order chi connectivity index (χ0) is 15.0. The maximum Gasteiger partial charge on any atom is 0.326 e. The maximum absolute atomic E-state index is 11.6. The quantitative estimate of drug-likeness (QED) is 0.485. The molecule has 0 bridgehead atoms. The van der Waals surface area contributed by atoms with Crippen LogP contribution in [0.5, 0.6) is 0 Å².